The summed E-state index contributed by atoms with van der Waals surface area (Å²) in [6.07, 6.45) is -3.62. The van der Waals surface area contributed by atoms with Gasteiger partial charge in [-0.05, 0) is 45.2 Å². The van der Waals surface area contributed by atoms with E-state index in [9.17, 15) is 41.6 Å². The molecule has 5 unspecified atom stereocenters. The number of ether oxygens (including phenoxy) is 4. The van der Waals surface area contributed by atoms with Gasteiger partial charge in [-0.2, -0.15) is 0 Å². The van der Waals surface area contributed by atoms with Crippen LogP contribution in [0.1, 0.15) is 64.0 Å². The minimum absolute atomic E-state index is 0.00983. The molecule has 3 aliphatic carbocycles. The van der Waals surface area contributed by atoms with E-state index in [1.165, 1.54) is 22.9 Å². The molecule has 1 aromatic carbocycles. The molecule has 320 valence electrons. The molecule has 4 aliphatic heterocycles. The third-order valence-electron chi connectivity index (χ3n) is 12.1. The minimum Gasteiger partial charge on any atom is -0.452 e. The summed E-state index contributed by atoms with van der Waals surface area (Å²) in [6.45, 7) is 8.76. The summed E-state index contributed by atoms with van der Waals surface area (Å²) in [7, 11) is -2.35. The Hall–Kier alpha value is -4.66. The largest absolute Gasteiger partial charge is 0.452 e. The quantitative estimate of drug-likeness (QED) is 0.102. The number of epoxide rings is 1. The second kappa shape index (κ2) is 14.8. The van der Waals surface area contributed by atoms with Crippen molar-refractivity contribution >= 4 is 45.8 Å². The SMILES string of the molecule is C=C1C2[C@@H]1C2(NCC(=O)[C@@H]1CC(OC(=O)N2Cc3cccc(F)c3C2)CN1C1OC1[C@H](CN(C)C(=O)[C@H]1CCC(=O)O1)NC(=O)OC(C)(C)C)C(=O)NS(=O)(=O)C1CC1. The Kier molecular flexibility index (Phi) is 10.3. The summed E-state index contributed by atoms with van der Waals surface area (Å²) in [6, 6.07) is 2.81. The molecular formula is C39H49FN6O12S. The Balaban J connectivity index is 0.983. The van der Waals surface area contributed by atoms with Gasteiger partial charge in [0.1, 0.15) is 35.4 Å². The number of esters is 1. The summed E-state index contributed by atoms with van der Waals surface area (Å²) in [5, 5.41) is 5.21. The van der Waals surface area contributed by atoms with Crippen LogP contribution in [0.4, 0.5) is 14.0 Å². The maximum Gasteiger partial charge on any atom is 0.410 e. The molecule has 1 aromatic rings. The molecule has 8 rings (SSSR count). The van der Waals surface area contributed by atoms with Crippen LogP contribution in [0, 0.1) is 17.7 Å². The van der Waals surface area contributed by atoms with E-state index in [-0.39, 0.29) is 63.8 Å². The van der Waals surface area contributed by atoms with Gasteiger partial charge in [-0.15, -0.1) is 0 Å². The zero-order valence-electron chi connectivity index (χ0n) is 33.2. The predicted octanol–water partition coefficient (Wildman–Crippen LogP) is 0.825. The molecule has 3 saturated heterocycles. The number of likely N-dealkylation sites (N-methyl/N-ethyl adjacent to an activating group) is 1. The van der Waals surface area contributed by atoms with Crippen molar-refractivity contribution in [2.45, 2.75) is 119 Å². The number of carbonyl (C=O) groups is 6. The molecule has 3 N–H and O–H groups in total. The number of likely N-dealkylation sites (tertiary alicyclic amines) is 1. The Morgan fingerprint density at radius 1 is 1.12 bits per heavy atom. The number of hydrogen-bond donors (Lipinski definition) is 3. The van der Waals surface area contributed by atoms with E-state index in [0.29, 0.717) is 24.0 Å². The second-order valence-electron chi connectivity index (χ2n) is 17.6. The van der Waals surface area contributed by atoms with E-state index < -0.39 is 105 Å². The molecule has 0 bridgehead atoms. The van der Waals surface area contributed by atoms with Crippen LogP contribution in [0.15, 0.2) is 30.4 Å². The Labute approximate surface area is 340 Å². The number of fused-ring (bicyclic) bond motifs is 2. The highest BCUT2D eigenvalue weighted by atomic mass is 32.2. The number of rotatable bonds is 14. The molecule has 0 spiro atoms. The number of cyclic esters (lactones) is 1. The molecule has 0 radical (unpaired) electrons. The fraction of sp³-hybridized carbons (Fsp3) is 0.641. The van der Waals surface area contributed by atoms with Crippen molar-refractivity contribution in [2.24, 2.45) is 11.8 Å². The smallest absolute Gasteiger partial charge is 0.410 e. The lowest BCUT2D eigenvalue weighted by Gasteiger charge is -2.28. The van der Waals surface area contributed by atoms with Gasteiger partial charge in [0, 0.05) is 63.3 Å². The van der Waals surface area contributed by atoms with E-state index in [1.807, 2.05) is 0 Å². The van der Waals surface area contributed by atoms with Crippen LogP contribution in [0.5, 0.6) is 0 Å². The van der Waals surface area contributed by atoms with Crippen LogP contribution in [-0.4, -0.2) is 139 Å². The molecule has 6 fully saturated rings. The summed E-state index contributed by atoms with van der Waals surface area (Å²) >= 11 is 0. The first-order valence-electron chi connectivity index (χ1n) is 19.9. The number of nitrogens with one attached hydrogen (secondary N) is 3. The molecule has 59 heavy (non-hydrogen) atoms. The fourth-order valence-electron chi connectivity index (χ4n) is 8.73. The zero-order valence-corrected chi connectivity index (χ0v) is 34.0. The third kappa shape index (κ3) is 8.15. The lowest BCUT2D eigenvalue weighted by Crippen LogP contribution is -2.56. The molecule has 4 amide bonds. The molecule has 7 aliphatic rings. The van der Waals surface area contributed by atoms with Gasteiger partial charge < -0.3 is 29.2 Å². The molecule has 3 saturated carbocycles. The number of carbonyl (C=O) groups excluding carboxylic acids is 6. The Morgan fingerprint density at radius 2 is 1.85 bits per heavy atom. The highest BCUT2D eigenvalue weighted by Crippen LogP contribution is 2.74. The van der Waals surface area contributed by atoms with E-state index in [0.717, 1.165) is 5.57 Å². The fourth-order valence-corrected chi connectivity index (χ4v) is 10.1. The maximum atomic E-state index is 14.5. The number of halogens is 1. The van der Waals surface area contributed by atoms with Crippen molar-refractivity contribution in [3.05, 3.63) is 47.3 Å². The lowest BCUT2D eigenvalue weighted by molar-refractivity contribution is -0.152. The first-order chi connectivity index (χ1) is 27.8. The first kappa shape index (κ1) is 41.1. The van der Waals surface area contributed by atoms with E-state index in [2.05, 4.69) is 21.9 Å². The minimum atomic E-state index is -3.85. The van der Waals surface area contributed by atoms with Gasteiger partial charge in [0.05, 0.1) is 30.4 Å². The van der Waals surface area contributed by atoms with E-state index in [1.54, 1.807) is 37.8 Å². The van der Waals surface area contributed by atoms with Crippen molar-refractivity contribution in [3.8, 4) is 0 Å². The number of ketones is 1. The second-order valence-corrected chi connectivity index (χ2v) is 19.5. The van der Waals surface area contributed by atoms with Crippen molar-refractivity contribution in [2.75, 3.05) is 26.7 Å². The summed E-state index contributed by atoms with van der Waals surface area (Å²) < 4.78 is 64.7. The monoisotopic (exact) mass is 844 g/mol. The van der Waals surface area contributed by atoms with Crippen LogP contribution >= 0.6 is 0 Å². The number of alkyl carbamates (subject to hydrolysis) is 1. The average molecular weight is 845 g/mol. The summed E-state index contributed by atoms with van der Waals surface area (Å²) in [5.74, 6) is -3.13. The molecule has 0 aromatic heterocycles. The van der Waals surface area contributed by atoms with Crippen molar-refractivity contribution < 1.29 is 60.5 Å². The van der Waals surface area contributed by atoms with Gasteiger partial charge in [-0.3, -0.25) is 39.0 Å². The van der Waals surface area contributed by atoms with Crippen LogP contribution in [-0.2, 0) is 61.2 Å². The van der Waals surface area contributed by atoms with Gasteiger partial charge in [-0.1, -0.05) is 24.3 Å². The van der Waals surface area contributed by atoms with Gasteiger partial charge in [0.25, 0.3) is 11.8 Å². The highest BCUT2D eigenvalue weighted by molar-refractivity contribution is 7.91. The highest BCUT2D eigenvalue weighted by Gasteiger charge is 2.84. The summed E-state index contributed by atoms with van der Waals surface area (Å²) in [5.41, 5.74) is -0.315. The zero-order chi connectivity index (χ0) is 42.3. The summed E-state index contributed by atoms with van der Waals surface area (Å²) in [4.78, 5) is 83.5. The van der Waals surface area contributed by atoms with Crippen LogP contribution < -0.4 is 15.4 Å². The van der Waals surface area contributed by atoms with Crippen LogP contribution in [0.25, 0.3) is 0 Å². The number of nitrogens with zero attached hydrogens (tertiary/aromatic N) is 3. The number of amides is 4. The number of sulfonamides is 1. The number of Topliss-reactive ketones (excluding diaryl/α,β-unsaturated/α-hetero) is 1. The number of hydrogen-bond acceptors (Lipinski definition) is 14. The first-order valence-corrected chi connectivity index (χ1v) is 21.4. The Bertz CT molecular complexity index is 2100. The Morgan fingerprint density at radius 3 is 2.47 bits per heavy atom. The van der Waals surface area contributed by atoms with Crippen molar-refractivity contribution in [1.82, 2.24) is 30.1 Å². The van der Waals surface area contributed by atoms with Gasteiger partial charge in [-0.25, -0.2) is 22.4 Å². The van der Waals surface area contributed by atoms with Gasteiger partial charge in [0.2, 0.25) is 10.0 Å². The average Bonchev–Trinajstić information content (AvgIpc) is 4.10. The third-order valence-corrected chi connectivity index (χ3v) is 13.9. The van der Waals surface area contributed by atoms with Crippen molar-refractivity contribution in [1.29, 1.82) is 0 Å². The van der Waals surface area contributed by atoms with Crippen molar-refractivity contribution in [3.63, 3.8) is 0 Å². The van der Waals surface area contributed by atoms with Gasteiger partial charge in [0.15, 0.2) is 11.9 Å². The molecule has 9 atom stereocenters. The predicted molar refractivity (Wildman–Crippen MR) is 202 cm³/mol. The lowest BCUT2D eigenvalue weighted by atomic mass is 10.0. The standard InChI is InChI=1S/C39H49FN6O12S/c1-19-30-31(19)39(30,35(50)43-59(53,54)22-9-10-22)41-14-27(47)26-13-21(55-37(52)45-15-20-7-6-8-24(40)23(20)17-45)16-46(26)34-32(57-34)25(42-36(51)58-38(2,3)4)18-44(5)33(49)28-11-12-29(48)56-28/h6-8,21-22,25-26,28,30-32,34,41H,1,9-18H2,2-5H3,(H,42,51)(H,43,50)/t21?,25-,26-,28+,30+,31?,32?,34?,39?/m0/s1. The molecule has 20 heteroatoms. The molecule has 4 heterocycles. The topological polar surface area (TPSA) is 223 Å². The van der Waals surface area contributed by atoms with Crippen LogP contribution in [0.3, 0.4) is 0 Å². The molecule has 18 nitrogen and oxygen atoms in total. The van der Waals surface area contributed by atoms with E-state index >= 15 is 0 Å². The van der Waals surface area contributed by atoms with E-state index in [4.69, 9.17) is 18.9 Å². The van der Waals surface area contributed by atoms with Gasteiger partial charge >= 0.3 is 18.2 Å². The normalized spacial score (nSPS) is 31.1. The molecular weight excluding hydrogens is 796 g/mol. The maximum absolute atomic E-state index is 14.5. The van der Waals surface area contributed by atoms with Crippen LogP contribution in [0.2, 0.25) is 0 Å². The number of benzene rings is 1.